The summed E-state index contributed by atoms with van der Waals surface area (Å²) in [6.45, 7) is 8.17. The largest absolute Gasteiger partial charge is 0.390 e. The van der Waals surface area contributed by atoms with E-state index in [-0.39, 0.29) is 6.10 Å². The molecule has 1 N–H and O–H groups in total. The number of rotatable bonds is 4. The summed E-state index contributed by atoms with van der Waals surface area (Å²) in [5, 5.41) is 13.3. The lowest BCUT2D eigenvalue weighted by molar-refractivity contribution is 0.0626. The maximum atomic E-state index is 10.9. The van der Waals surface area contributed by atoms with E-state index in [2.05, 4.69) is 91.6 Å². The number of piperidine rings is 1. The molecule has 0 bridgehead atoms. The summed E-state index contributed by atoms with van der Waals surface area (Å²) in [4.78, 5) is 2.44. The van der Waals surface area contributed by atoms with E-state index >= 15 is 0 Å². The Morgan fingerprint density at radius 3 is 1.96 bits per heavy atom. The first-order valence-corrected chi connectivity index (χ1v) is 11.3. The summed E-state index contributed by atoms with van der Waals surface area (Å²) >= 11 is 7.19. The summed E-state index contributed by atoms with van der Waals surface area (Å²) in [5.74, 6) is 1.42. The number of likely N-dealkylation sites (tertiary alicyclic amines) is 1. The SMILES string of the molecule is C[C@@H]1C[C@H](C)CN(C[C@H](O)Cn2c3ccc(Br)cc3c3cc(Br)ccc32)C1. The van der Waals surface area contributed by atoms with Gasteiger partial charge in [-0.2, -0.15) is 0 Å². The Bertz CT molecular complexity index is 899. The van der Waals surface area contributed by atoms with Crippen LogP contribution >= 0.6 is 31.9 Å². The van der Waals surface area contributed by atoms with Crippen molar-refractivity contribution in [1.29, 1.82) is 0 Å². The van der Waals surface area contributed by atoms with E-state index in [9.17, 15) is 5.11 Å². The molecule has 1 aromatic heterocycles. The Hall–Kier alpha value is -0.880. The van der Waals surface area contributed by atoms with Crippen molar-refractivity contribution in [2.24, 2.45) is 11.8 Å². The third-order valence-corrected chi connectivity index (χ3v) is 6.58. The third kappa shape index (κ3) is 4.12. The fourth-order valence-corrected chi connectivity index (χ4v) is 5.48. The van der Waals surface area contributed by atoms with Gasteiger partial charge in [-0.05, 0) is 54.7 Å². The number of fused-ring (bicyclic) bond motifs is 3. The van der Waals surface area contributed by atoms with Crippen LogP contribution < -0.4 is 0 Å². The molecule has 0 spiro atoms. The van der Waals surface area contributed by atoms with E-state index in [1.54, 1.807) is 0 Å². The molecule has 3 atom stereocenters. The first-order chi connectivity index (χ1) is 12.9. The van der Waals surface area contributed by atoms with Crippen LogP contribution in [0.2, 0.25) is 0 Å². The van der Waals surface area contributed by atoms with Crippen LogP contribution in [0.5, 0.6) is 0 Å². The number of aliphatic hydroxyl groups excluding tert-OH is 1. The van der Waals surface area contributed by atoms with Gasteiger partial charge in [-0.15, -0.1) is 0 Å². The average Bonchev–Trinajstić information content (AvgIpc) is 2.86. The molecule has 2 heterocycles. The molecule has 1 aliphatic rings. The van der Waals surface area contributed by atoms with E-state index in [4.69, 9.17) is 0 Å². The predicted octanol–water partition coefficient (Wildman–Crippen LogP) is 5.66. The molecule has 5 heteroatoms. The second-order valence-electron chi connectivity index (χ2n) is 8.25. The maximum absolute atomic E-state index is 10.9. The highest BCUT2D eigenvalue weighted by Gasteiger charge is 2.24. The lowest BCUT2D eigenvalue weighted by Crippen LogP contribution is -2.43. The van der Waals surface area contributed by atoms with Crippen LogP contribution in [0.25, 0.3) is 21.8 Å². The van der Waals surface area contributed by atoms with E-state index < -0.39 is 0 Å². The summed E-state index contributed by atoms with van der Waals surface area (Å²) in [5.41, 5.74) is 2.34. The Balaban J connectivity index is 1.64. The van der Waals surface area contributed by atoms with E-state index in [1.807, 2.05) is 0 Å². The molecule has 2 aromatic carbocycles. The van der Waals surface area contributed by atoms with Crippen molar-refractivity contribution in [2.45, 2.75) is 32.9 Å². The molecule has 0 saturated carbocycles. The molecule has 0 radical (unpaired) electrons. The van der Waals surface area contributed by atoms with Gasteiger partial charge in [0, 0.05) is 50.4 Å². The molecule has 3 nitrogen and oxygen atoms in total. The second kappa shape index (κ2) is 7.86. The smallest absolute Gasteiger partial charge is 0.0845 e. The van der Waals surface area contributed by atoms with Crippen LogP contribution in [0.4, 0.5) is 0 Å². The molecule has 0 aliphatic carbocycles. The molecule has 1 saturated heterocycles. The third-order valence-electron chi connectivity index (χ3n) is 5.60. The highest BCUT2D eigenvalue weighted by atomic mass is 79.9. The minimum Gasteiger partial charge on any atom is -0.390 e. The summed E-state index contributed by atoms with van der Waals surface area (Å²) in [6, 6.07) is 12.8. The Kier molecular flexibility index (Phi) is 5.66. The first kappa shape index (κ1) is 19.4. The molecule has 1 fully saturated rings. The van der Waals surface area contributed by atoms with Crippen molar-refractivity contribution in [3.8, 4) is 0 Å². The predicted molar refractivity (Wildman–Crippen MR) is 120 cm³/mol. The van der Waals surface area contributed by atoms with Gasteiger partial charge in [0.2, 0.25) is 0 Å². The molecule has 1 aliphatic heterocycles. The monoisotopic (exact) mass is 492 g/mol. The van der Waals surface area contributed by atoms with Crippen LogP contribution in [0.1, 0.15) is 20.3 Å². The van der Waals surface area contributed by atoms with Gasteiger partial charge in [-0.3, -0.25) is 0 Å². The van der Waals surface area contributed by atoms with Gasteiger partial charge in [-0.25, -0.2) is 0 Å². The van der Waals surface area contributed by atoms with Crippen LogP contribution in [0.15, 0.2) is 45.3 Å². The number of nitrogens with zero attached hydrogens (tertiary/aromatic N) is 2. The molecule has 3 aromatic rings. The molecule has 4 rings (SSSR count). The fourth-order valence-electron chi connectivity index (χ4n) is 4.75. The van der Waals surface area contributed by atoms with Gasteiger partial charge in [0.1, 0.15) is 0 Å². The quantitative estimate of drug-likeness (QED) is 0.508. The van der Waals surface area contributed by atoms with Crippen molar-refractivity contribution < 1.29 is 5.11 Å². The first-order valence-electron chi connectivity index (χ1n) is 9.68. The van der Waals surface area contributed by atoms with E-state index in [1.165, 1.54) is 28.2 Å². The Morgan fingerprint density at radius 1 is 0.926 bits per heavy atom. The number of aromatic nitrogens is 1. The standard InChI is InChI=1S/C22H26Br2N2O/c1-14-7-15(2)11-25(10-14)12-18(27)13-26-21-5-3-16(23)8-19(21)20-9-17(24)4-6-22(20)26/h3-6,8-9,14-15,18,27H,7,10-13H2,1-2H3/t14-,15+,18-/m0/s1. The van der Waals surface area contributed by atoms with Gasteiger partial charge in [0.25, 0.3) is 0 Å². The van der Waals surface area contributed by atoms with Crippen LogP contribution in [-0.4, -0.2) is 40.3 Å². The van der Waals surface area contributed by atoms with Crippen molar-refractivity contribution in [1.82, 2.24) is 9.47 Å². The molecule has 27 heavy (non-hydrogen) atoms. The molecule has 0 unspecified atom stereocenters. The number of benzene rings is 2. The van der Waals surface area contributed by atoms with Gasteiger partial charge in [-0.1, -0.05) is 45.7 Å². The number of β-amino-alcohol motifs (C(OH)–C–C–N with tert-alkyl or cyclic N) is 1. The van der Waals surface area contributed by atoms with Crippen LogP contribution in [0.3, 0.4) is 0 Å². The average molecular weight is 494 g/mol. The molecule has 0 amide bonds. The van der Waals surface area contributed by atoms with Gasteiger partial charge in [0.15, 0.2) is 0 Å². The summed E-state index contributed by atoms with van der Waals surface area (Å²) in [6.07, 6.45) is 0.914. The maximum Gasteiger partial charge on any atom is 0.0845 e. The van der Waals surface area contributed by atoms with Crippen LogP contribution in [0, 0.1) is 11.8 Å². The number of halogens is 2. The van der Waals surface area contributed by atoms with E-state index in [0.717, 1.165) is 28.6 Å². The number of aliphatic hydroxyl groups is 1. The Morgan fingerprint density at radius 2 is 1.44 bits per heavy atom. The zero-order valence-electron chi connectivity index (χ0n) is 15.8. The van der Waals surface area contributed by atoms with E-state index in [0.29, 0.717) is 18.4 Å². The highest BCUT2D eigenvalue weighted by molar-refractivity contribution is 9.10. The van der Waals surface area contributed by atoms with Crippen molar-refractivity contribution in [2.75, 3.05) is 19.6 Å². The topological polar surface area (TPSA) is 28.4 Å². The lowest BCUT2D eigenvalue weighted by atomic mass is 9.92. The number of hydrogen-bond acceptors (Lipinski definition) is 2. The zero-order chi connectivity index (χ0) is 19.1. The van der Waals surface area contributed by atoms with Crippen molar-refractivity contribution >= 4 is 53.7 Å². The second-order valence-corrected chi connectivity index (χ2v) is 10.1. The highest BCUT2D eigenvalue weighted by Crippen LogP contribution is 2.33. The summed E-state index contributed by atoms with van der Waals surface area (Å²) in [7, 11) is 0. The molecular weight excluding hydrogens is 468 g/mol. The summed E-state index contributed by atoms with van der Waals surface area (Å²) < 4.78 is 4.42. The minimum absolute atomic E-state index is 0.381. The lowest BCUT2D eigenvalue weighted by Gasteiger charge is -2.36. The zero-order valence-corrected chi connectivity index (χ0v) is 19.0. The normalized spacial score (nSPS) is 22.6. The molecule has 144 valence electrons. The van der Waals surface area contributed by atoms with Crippen molar-refractivity contribution in [3.05, 3.63) is 45.3 Å². The fraction of sp³-hybridized carbons (Fsp3) is 0.455. The van der Waals surface area contributed by atoms with Gasteiger partial charge in [0.05, 0.1) is 12.6 Å². The minimum atomic E-state index is -0.381. The van der Waals surface area contributed by atoms with Gasteiger partial charge >= 0.3 is 0 Å². The number of hydrogen-bond donors (Lipinski definition) is 1. The Labute approximate surface area is 177 Å². The van der Waals surface area contributed by atoms with Crippen molar-refractivity contribution in [3.63, 3.8) is 0 Å². The molecular formula is C22H26Br2N2O. The van der Waals surface area contributed by atoms with Gasteiger partial charge < -0.3 is 14.6 Å². The van der Waals surface area contributed by atoms with Crippen LogP contribution in [-0.2, 0) is 6.54 Å².